The van der Waals surface area contributed by atoms with E-state index in [1.165, 1.54) is 57.4 Å². The molecule has 2 saturated carbocycles. The van der Waals surface area contributed by atoms with Gasteiger partial charge in [-0.2, -0.15) is 0 Å². The summed E-state index contributed by atoms with van der Waals surface area (Å²) >= 11 is 0. The van der Waals surface area contributed by atoms with Crippen molar-refractivity contribution in [3.63, 3.8) is 0 Å². The first-order valence-electron chi connectivity index (χ1n) is 9.36. The van der Waals surface area contributed by atoms with Crippen LogP contribution in [0.1, 0.15) is 92.4 Å². The summed E-state index contributed by atoms with van der Waals surface area (Å²) in [5.41, 5.74) is 0. The minimum atomic E-state index is -0.495. The zero-order valence-corrected chi connectivity index (χ0v) is 21.1. The molecule has 3 heteroatoms. The second-order valence-corrected chi connectivity index (χ2v) is 7.78. The molecule has 2 N–H and O–H groups in total. The van der Waals surface area contributed by atoms with Gasteiger partial charge in [0, 0.05) is 32.7 Å². The van der Waals surface area contributed by atoms with Crippen LogP contribution in [0.4, 0.5) is 0 Å². The summed E-state index contributed by atoms with van der Waals surface area (Å²) in [7, 11) is 0. The number of rotatable bonds is 3. The molecule has 151 valence electrons. The predicted molar refractivity (Wildman–Crippen MR) is 110 cm³/mol. The number of aliphatic hydroxyl groups is 2. The monoisotopic (exact) mass is 431 g/mol. The molecule has 2 nitrogen and oxygen atoms in total. The Kier molecular flexibility index (Phi) is 27.8. The number of hydrogen-bond donors (Lipinski definition) is 2. The molecule has 0 amide bonds. The Morgan fingerprint density at radius 3 is 1.40 bits per heavy atom. The van der Waals surface area contributed by atoms with E-state index in [2.05, 4.69) is 13.8 Å². The Labute approximate surface area is 185 Å². The van der Waals surface area contributed by atoms with Gasteiger partial charge in [-0.1, -0.05) is 79.1 Å². The van der Waals surface area contributed by atoms with Crippen molar-refractivity contribution in [2.45, 2.75) is 98.5 Å². The van der Waals surface area contributed by atoms with Crippen LogP contribution in [-0.4, -0.2) is 16.3 Å². The summed E-state index contributed by atoms with van der Waals surface area (Å²) < 4.78 is 0. The van der Waals surface area contributed by atoms with E-state index in [1.54, 1.807) is 6.92 Å². The third-order valence-electron chi connectivity index (χ3n) is 4.43. The van der Waals surface area contributed by atoms with Crippen molar-refractivity contribution < 1.29 is 42.9 Å². The predicted octanol–water partition coefficient (Wildman–Crippen LogP) is 7.15. The molecule has 0 spiro atoms. The van der Waals surface area contributed by atoms with E-state index < -0.39 is 6.10 Å². The van der Waals surface area contributed by atoms with Crippen molar-refractivity contribution in [3.05, 3.63) is 26.7 Å². The van der Waals surface area contributed by atoms with Crippen molar-refractivity contribution in [2.75, 3.05) is 0 Å². The molecule has 0 aromatic heterocycles. The molecule has 25 heavy (non-hydrogen) atoms. The first kappa shape index (κ1) is 33.2. The Hall–Kier alpha value is 0.604. The standard InChI is InChI=1S/C8H16O2.2C6H12.2CH3.Y/c1-6(2)4-8(10)5-7(3)9;2*1-6-4-2-3-5-6;;;/h5-6,8-10H,4H2,1-3H3;2*6H,2-5H2,1H3;2*1H3;/q;;;2*-1;. The Morgan fingerprint density at radius 2 is 1.24 bits per heavy atom. The van der Waals surface area contributed by atoms with E-state index in [0.29, 0.717) is 12.3 Å². The number of allylic oxidation sites excluding steroid dienone is 1. The molecule has 0 aliphatic heterocycles. The second-order valence-electron chi connectivity index (χ2n) is 7.78. The molecule has 2 aliphatic rings. The molecule has 2 rings (SSSR count). The van der Waals surface area contributed by atoms with E-state index in [0.717, 1.165) is 11.8 Å². The average Bonchev–Trinajstić information content (AvgIpc) is 3.02. The molecule has 1 unspecified atom stereocenters. The summed E-state index contributed by atoms with van der Waals surface area (Å²) in [6.07, 6.45) is 13.6. The largest absolute Gasteiger partial charge is 0.513 e. The van der Waals surface area contributed by atoms with Gasteiger partial charge in [0.25, 0.3) is 0 Å². The molecule has 0 heterocycles. The summed E-state index contributed by atoms with van der Waals surface area (Å²) in [5.74, 6) is 2.74. The number of hydrogen-bond acceptors (Lipinski definition) is 2. The van der Waals surface area contributed by atoms with E-state index >= 15 is 0 Å². The van der Waals surface area contributed by atoms with Crippen molar-refractivity contribution in [2.24, 2.45) is 17.8 Å². The van der Waals surface area contributed by atoms with Crippen LogP contribution in [0, 0.1) is 32.6 Å². The maximum Gasteiger partial charge on any atom is 0.0877 e. The van der Waals surface area contributed by atoms with Gasteiger partial charge in [0.15, 0.2) is 0 Å². The van der Waals surface area contributed by atoms with Gasteiger partial charge in [-0.3, -0.25) is 0 Å². The normalized spacial score (nSPS) is 18.6. The molecule has 1 radical (unpaired) electrons. The van der Waals surface area contributed by atoms with Crippen molar-refractivity contribution in [1.82, 2.24) is 0 Å². The molecule has 0 aromatic carbocycles. The summed E-state index contributed by atoms with van der Waals surface area (Å²) in [4.78, 5) is 0. The minimum Gasteiger partial charge on any atom is -0.513 e. The van der Waals surface area contributed by atoms with E-state index in [9.17, 15) is 0 Å². The summed E-state index contributed by atoms with van der Waals surface area (Å²) in [5, 5.41) is 17.9. The van der Waals surface area contributed by atoms with Gasteiger partial charge in [0.2, 0.25) is 0 Å². The van der Waals surface area contributed by atoms with Crippen LogP contribution >= 0.6 is 0 Å². The van der Waals surface area contributed by atoms with E-state index in [4.69, 9.17) is 10.2 Å². The van der Waals surface area contributed by atoms with Crippen LogP contribution in [-0.2, 0) is 32.7 Å². The first-order valence-corrected chi connectivity index (χ1v) is 9.36. The van der Waals surface area contributed by atoms with Gasteiger partial charge >= 0.3 is 0 Å². The molecule has 2 fully saturated rings. The van der Waals surface area contributed by atoms with Crippen LogP contribution < -0.4 is 0 Å². The van der Waals surface area contributed by atoms with Crippen LogP contribution in [0.5, 0.6) is 0 Å². The van der Waals surface area contributed by atoms with E-state index in [1.807, 2.05) is 13.8 Å². The molecule has 0 saturated heterocycles. The van der Waals surface area contributed by atoms with Gasteiger partial charge in [0.1, 0.15) is 0 Å². The fourth-order valence-corrected chi connectivity index (χ4v) is 3.09. The minimum absolute atomic E-state index is 0. The molecular weight excluding hydrogens is 385 g/mol. The van der Waals surface area contributed by atoms with Crippen molar-refractivity contribution >= 4 is 0 Å². The van der Waals surface area contributed by atoms with Gasteiger partial charge in [0.05, 0.1) is 11.9 Å². The van der Waals surface area contributed by atoms with Crippen LogP contribution in [0.2, 0.25) is 0 Å². The Balaban J connectivity index is -0.000000129. The fraction of sp³-hybridized carbons (Fsp3) is 0.818. The van der Waals surface area contributed by atoms with Crippen LogP contribution in [0.25, 0.3) is 0 Å². The van der Waals surface area contributed by atoms with Gasteiger partial charge in [-0.05, 0) is 37.2 Å². The van der Waals surface area contributed by atoms with Gasteiger partial charge in [-0.25, -0.2) is 0 Å². The molecule has 0 aromatic rings. The zero-order valence-electron chi connectivity index (χ0n) is 18.2. The molecule has 2 aliphatic carbocycles. The quantitative estimate of drug-likeness (QED) is 0.368. The Bertz CT molecular complexity index is 260. The van der Waals surface area contributed by atoms with E-state index in [-0.39, 0.29) is 53.3 Å². The fourth-order valence-electron chi connectivity index (χ4n) is 3.09. The topological polar surface area (TPSA) is 40.5 Å². The smallest absolute Gasteiger partial charge is 0.0877 e. The third kappa shape index (κ3) is 24.6. The molecule has 0 bridgehead atoms. The maximum atomic E-state index is 9.15. The second kappa shape index (κ2) is 20.9. The van der Waals surface area contributed by atoms with Crippen LogP contribution in [0.3, 0.4) is 0 Å². The summed E-state index contributed by atoms with van der Waals surface area (Å²) in [6.45, 7) is 10.3. The first-order chi connectivity index (χ1) is 10.3. The number of aliphatic hydroxyl groups excluding tert-OH is 2. The SMILES string of the molecule is CC(O)=CC(O)CC(C)C.CC1CCCC1.CC1CCCC1.[CH3-].[CH3-].[Y]. The van der Waals surface area contributed by atoms with Crippen molar-refractivity contribution in [3.8, 4) is 0 Å². The molecular formula is C22H46O2Y-2. The van der Waals surface area contributed by atoms with Crippen LogP contribution in [0.15, 0.2) is 11.8 Å². The summed E-state index contributed by atoms with van der Waals surface area (Å²) in [6, 6.07) is 0. The van der Waals surface area contributed by atoms with Gasteiger partial charge in [-0.15, -0.1) is 0 Å². The zero-order chi connectivity index (χ0) is 17.0. The Morgan fingerprint density at radius 1 is 0.920 bits per heavy atom. The average molecular weight is 432 g/mol. The van der Waals surface area contributed by atoms with Crippen molar-refractivity contribution in [1.29, 1.82) is 0 Å². The van der Waals surface area contributed by atoms with Gasteiger partial charge < -0.3 is 25.1 Å². The molecule has 1 atom stereocenters. The maximum absolute atomic E-state index is 9.15. The third-order valence-corrected chi connectivity index (χ3v) is 4.43.